The van der Waals surface area contributed by atoms with Crippen molar-refractivity contribution in [1.29, 1.82) is 0 Å². The van der Waals surface area contributed by atoms with Crippen LogP contribution in [-0.4, -0.2) is 15.0 Å². The molecule has 6 aromatic rings. The maximum Gasteiger partial charge on any atom is 0.233 e. The molecule has 1 aromatic heterocycles. The zero-order valence-corrected chi connectivity index (χ0v) is 22.7. The molecular weight excluding hydrogens is 528 g/mol. The van der Waals surface area contributed by atoms with Crippen molar-refractivity contribution in [2.24, 2.45) is 0 Å². The van der Waals surface area contributed by atoms with Gasteiger partial charge < -0.3 is 16.4 Å². The molecule has 7 rings (SSSR count). The van der Waals surface area contributed by atoms with Gasteiger partial charge in [0.2, 0.25) is 17.2 Å². The SMILES string of the molecule is Nc1ccc(C2(c3ccc(Nc4nc(Cl)nc(Nc5ccccc5)n4)cc3)c3ccccc3-c3ccccc32)cc1. The monoisotopic (exact) mass is 552 g/mol. The van der Waals surface area contributed by atoms with Gasteiger partial charge in [-0.3, -0.25) is 0 Å². The van der Waals surface area contributed by atoms with Crippen LogP contribution in [0.2, 0.25) is 5.28 Å². The van der Waals surface area contributed by atoms with E-state index in [2.05, 4.69) is 98.4 Å². The number of anilines is 5. The first kappa shape index (κ1) is 24.8. The fourth-order valence-corrected chi connectivity index (χ4v) is 5.96. The van der Waals surface area contributed by atoms with Crippen molar-refractivity contribution >= 4 is 40.6 Å². The van der Waals surface area contributed by atoms with E-state index in [0.717, 1.165) is 28.2 Å². The topological polar surface area (TPSA) is 88.8 Å². The third-order valence-corrected chi connectivity index (χ3v) is 7.68. The summed E-state index contributed by atoms with van der Waals surface area (Å²) in [4.78, 5) is 13.0. The van der Waals surface area contributed by atoms with E-state index >= 15 is 0 Å². The highest BCUT2D eigenvalue weighted by molar-refractivity contribution is 6.28. The average molecular weight is 553 g/mol. The van der Waals surface area contributed by atoms with Gasteiger partial charge in [-0.15, -0.1) is 0 Å². The van der Waals surface area contributed by atoms with Crippen molar-refractivity contribution < 1.29 is 0 Å². The summed E-state index contributed by atoms with van der Waals surface area (Å²) in [5.41, 5.74) is 15.3. The summed E-state index contributed by atoms with van der Waals surface area (Å²) in [5, 5.41) is 6.55. The number of nitrogens with one attached hydrogen (secondary N) is 2. The molecule has 0 radical (unpaired) electrons. The maximum atomic E-state index is 6.24. The molecule has 0 saturated heterocycles. The Morgan fingerprint density at radius 1 is 0.512 bits per heavy atom. The molecule has 1 aliphatic rings. The summed E-state index contributed by atoms with van der Waals surface area (Å²) in [6.07, 6.45) is 0. The van der Waals surface area contributed by atoms with E-state index in [0.29, 0.717) is 11.9 Å². The van der Waals surface area contributed by atoms with E-state index in [9.17, 15) is 0 Å². The Morgan fingerprint density at radius 2 is 0.976 bits per heavy atom. The molecule has 4 N–H and O–H groups in total. The zero-order chi connectivity index (χ0) is 27.8. The molecule has 0 amide bonds. The van der Waals surface area contributed by atoms with Gasteiger partial charge in [0.15, 0.2) is 0 Å². The number of nitrogens with zero attached hydrogens (tertiary/aromatic N) is 3. The minimum Gasteiger partial charge on any atom is -0.399 e. The van der Waals surface area contributed by atoms with Gasteiger partial charge in [0.25, 0.3) is 0 Å². The predicted octanol–water partition coefficient (Wildman–Crippen LogP) is 7.96. The minimum absolute atomic E-state index is 0.0963. The first-order valence-corrected chi connectivity index (χ1v) is 13.7. The molecule has 1 heterocycles. The van der Waals surface area contributed by atoms with Gasteiger partial charge in [-0.05, 0) is 81.4 Å². The molecule has 5 aromatic carbocycles. The smallest absolute Gasteiger partial charge is 0.233 e. The van der Waals surface area contributed by atoms with Crippen molar-refractivity contribution in [1.82, 2.24) is 15.0 Å². The molecule has 0 bridgehead atoms. The van der Waals surface area contributed by atoms with E-state index in [4.69, 9.17) is 17.3 Å². The number of benzene rings is 5. The van der Waals surface area contributed by atoms with Crippen LogP contribution in [0, 0.1) is 0 Å². The predicted molar refractivity (Wildman–Crippen MR) is 166 cm³/mol. The number of nitrogen functional groups attached to an aromatic ring is 1. The highest BCUT2D eigenvalue weighted by atomic mass is 35.5. The molecule has 0 saturated carbocycles. The van der Waals surface area contributed by atoms with Crippen LogP contribution in [-0.2, 0) is 5.41 Å². The van der Waals surface area contributed by atoms with Crippen LogP contribution in [0.4, 0.5) is 29.0 Å². The highest BCUT2D eigenvalue weighted by Crippen LogP contribution is 2.56. The van der Waals surface area contributed by atoms with E-state index in [1.54, 1.807) is 0 Å². The van der Waals surface area contributed by atoms with Crippen molar-refractivity contribution in [2.75, 3.05) is 16.4 Å². The van der Waals surface area contributed by atoms with E-state index < -0.39 is 5.41 Å². The minimum atomic E-state index is -0.497. The first-order valence-electron chi connectivity index (χ1n) is 13.3. The summed E-state index contributed by atoms with van der Waals surface area (Å²) >= 11 is 6.24. The molecule has 0 aliphatic heterocycles. The number of nitrogens with two attached hydrogens (primary N) is 1. The Bertz CT molecular complexity index is 1810. The summed E-state index contributed by atoms with van der Waals surface area (Å²) in [6, 6.07) is 43.6. The van der Waals surface area contributed by atoms with Crippen molar-refractivity contribution in [3.63, 3.8) is 0 Å². The lowest BCUT2D eigenvalue weighted by molar-refractivity contribution is 0.769. The lowest BCUT2D eigenvalue weighted by Gasteiger charge is -2.34. The molecule has 1 aliphatic carbocycles. The maximum absolute atomic E-state index is 6.24. The van der Waals surface area contributed by atoms with Gasteiger partial charge in [0.05, 0.1) is 5.41 Å². The normalized spacial score (nSPS) is 12.8. The average Bonchev–Trinajstić information content (AvgIpc) is 3.29. The Balaban J connectivity index is 1.29. The Morgan fingerprint density at radius 3 is 1.54 bits per heavy atom. The van der Waals surface area contributed by atoms with E-state index in [-0.39, 0.29) is 5.28 Å². The summed E-state index contributed by atoms with van der Waals surface area (Å²) in [6.45, 7) is 0. The van der Waals surface area contributed by atoms with Gasteiger partial charge in [-0.1, -0.05) is 91.0 Å². The molecule has 0 unspecified atom stereocenters. The second-order valence-electron chi connectivity index (χ2n) is 9.91. The molecule has 7 heteroatoms. The molecule has 0 fully saturated rings. The highest BCUT2D eigenvalue weighted by Gasteiger charge is 2.45. The van der Waals surface area contributed by atoms with Gasteiger partial charge in [0.1, 0.15) is 0 Å². The zero-order valence-electron chi connectivity index (χ0n) is 21.9. The number of aromatic nitrogens is 3. The van der Waals surface area contributed by atoms with Gasteiger partial charge in [0, 0.05) is 17.1 Å². The Labute approximate surface area is 242 Å². The lowest BCUT2D eigenvalue weighted by Crippen LogP contribution is -2.28. The van der Waals surface area contributed by atoms with E-state index in [1.165, 1.54) is 22.3 Å². The quantitative estimate of drug-likeness (QED) is 0.181. The molecule has 41 heavy (non-hydrogen) atoms. The van der Waals surface area contributed by atoms with Crippen molar-refractivity contribution in [3.8, 4) is 11.1 Å². The number of para-hydroxylation sites is 1. The third kappa shape index (κ3) is 4.35. The number of hydrogen-bond acceptors (Lipinski definition) is 6. The first-order chi connectivity index (χ1) is 20.1. The number of halogens is 1. The van der Waals surface area contributed by atoms with Crippen LogP contribution in [0.5, 0.6) is 0 Å². The molecule has 0 spiro atoms. The fraction of sp³-hybridized carbons (Fsp3) is 0.0294. The lowest BCUT2D eigenvalue weighted by atomic mass is 9.67. The van der Waals surface area contributed by atoms with Crippen molar-refractivity contribution in [2.45, 2.75) is 5.41 Å². The van der Waals surface area contributed by atoms with Crippen LogP contribution in [0.3, 0.4) is 0 Å². The van der Waals surface area contributed by atoms with Crippen LogP contribution in [0.15, 0.2) is 127 Å². The second-order valence-corrected chi connectivity index (χ2v) is 10.2. The molecule has 198 valence electrons. The van der Waals surface area contributed by atoms with Crippen molar-refractivity contribution in [3.05, 3.63) is 155 Å². The number of hydrogen-bond donors (Lipinski definition) is 3. The van der Waals surface area contributed by atoms with Crippen LogP contribution in [0.25, 0.3) is 11.1 Å². The number of fused-ring (bicyclic) bond motifs is 3. The molecule has 0 atom stereocenters. The van der Waals surface area contributed by atoms with Crippen LogP contribution in [0.1, 0.15) is 22.3 Å². The van der Waals surface area contributed by atoms with Gasteiger partial charge in [-0.25, -0.2) is 0 Å². The summed E-state index contributed by atoms with van der Waals surface area (Å²) in [7, 11) is 0. The van der Waals surface area contributed by atoms with Gasteiger partial charge >= 0.3 is 0 Å². The van der Waals surface area contributed by atoms with Crippen LogP contribution < -0.4 is 16.4 Å². The summed E-state index contributed by atoms with van der Waals surface area (Å²) < 4.78 is 0. The molecular formula is C34H25ClN6. The Kier molecular flexibility index (Phi) is 6.10. The second kappa shape index (κ2) is 10.1. The Hall–Kier alpha value is -5.20. The fourth-order valence-electron chi connectivity index (χ4n) is 5.80. The standard InChI is InChI=1S/C34H25ClN6/c35-31-39-32(37-25-8-2-1-3-9-25)41-33(40-31)38-26-20-16-23(17-21-26)34(22-14-18-24(36)19-15-22)29-12-6-4-10-27(29)28-11-5-7-13-30(28)34/h1-21H,36H2,(H2,37,38,39,40,41). The largest absolute Gasteiger partial charge is 0.399 e. The third-order valence-electron chi connectivity index (χ3n) is 7.51. The van der Waals surface area contributed by atoms with Gasteiger partial charge in [-0.2, -0.15) is 15.0 Å². The molecule has 6 nitrogen and oxygen atoms in total. The van der Waals surface area contributed by atoms with E-state index in [1.807, 2.05) is 54.6 Å². The number of rotatable bonds is 6. The van der Waals surface area contributed by atoms with Crippen LogP contribution >= 0.6 is 11.6 Å². The summed E-state index contributed by atoms with van der Waals surface area (Å²) in [5.74, 6) is 0.706.